The van der Waals surface area contributed by atoms with E-state index in [2.05, 4.69) is 10.6 Å². The Labute approximate surface area is 71.7 Å². The minimum Gasteiger partial charge on any atom is -0.301 e. The molecule has 68 valence electrons. The molecule has 0 aliphatic carbocycles. The number of amides is 2. The summed E-state index contributed by atoms with van der Waals surface area (Å²) in [6, 6.07) is -0.350. The summed E-state index contributed by atoms with van der Waals surface area (Å²) < 4.78 is 0. The molecule has 1 unspecified atom stereocenters. The maximum atomic E-state index is 11.1. The fourth-order valence-electron chi connectivity index (χ4n) is 1.19. The summed E-state index contributed by atoms with van der Waals surface area (Å²) in [5, 5.41) is 5.31. The second-order valence-corrected chi connectivity index (χ2v) is 4.06. The molecule has 0 spiro atoms. The van der Waals surface area contributed by atoms with E-state index in [0.29, 0.717) is 0 Å². The molecule has 1 atom stereocenters. The zero-order valence-corrected chi connectivity index (χ0v) is 7.60. The topological polar surface area (TPSA) is 58.2 Å². The molecule has 0 aromatic rings. The van der Waals surface area contributed by atoms with Crippen molar-refractivity contribution in [3.8, 4) is 0 Å². The van der Waals surface area contributed by atoms with E-state index in [-0.39, 0.29) is 29.8 Å². The molecule has 1 fully saturated rings. The summed E-state index contributed by atoms with van der Waals surface area (Å²) in [6.07, 6.45) is 0.260. The van der Waals surface area contributed by atoms with Crippen LogP contribution in [0, 0.1) is 0 Å². The van der Waals surface area contributed by atoms with Gasteiger partial charge in [-0.25, -0.2) is 0 Å². The Morgan fingerprint density at radius 1 is 1.42 bits per heavy atom. The molecule has 12 heavy (non-hydrogen) atoms. The van der Waals surface area contributed by atoms with Crippen LogP contribution in [0.2, 0.25) is 0 Å². The molecule has 1 rings (SSSR count). The van der Waals surface area contributed by atoms with Crippen molar-refractivity contribution in [1.82, 2.24) is 10.6 Å². The van der Waals surface area contributed by atoms with Crippen LogP contribution in [-0.2, 0) is 9.59 Å². The van der Waals surface area contributed by atoms with Crippen LogP contribution in [0.15, 0.2) is 0 Å². The zero-order chi connectivity index (χ0) is 9.35. The lowest BCUT2D eigenvalue weighted by molar-refractivity contribution is -0.125. The molecule has 4 heteroatoms. The van der Waals surface area contributed by atoms with Gasteiger partial charge in [0, 0.05) is 5.54 Å². The Morgan fingerprint density at radius 3 is 2.33 bits per heavy atom. The molecule has 0 radical (unpaired) electrons. The summed E-state index contributed by atoms with van der Waals surface area (Å²) in [6.45, 7) is 5.88. The third-order valence-electron chi connectivity index (χ3n) is 1.58. The second kappa shape index (κ2) is 2.86. The monoisotopic (exact) mass is 170 g/mol. The maximum Gasteiger partial charge on any atom is 0.244 e. The molecule has 2 N–H and O–H groups in total. The lowest BCUT2D eigenvalue weighted by Gasteiger charge is -2.23. The number of carbonyl (C=O) groups excluding carboxylic acids is 2. The van der Waals surface area contributed by atoms with E-state index in [1.165, 1.54) is 0 Å². The van der Waals surface area contributed by atoms with E-state index in [1.54, 1.807) is 0 Å². The Balaban J connectivity index is 2.54. The third-order valence-corrected chi connectivity index (χ3v) is 1.58. The van der Waals surface area contributed by atoms with Gasteiger partial charge in [-0.1, -0.05) is 0 Å². The molecule has 0 saturated carbocycles. The molecule has 2 amide bonds. The molecule has 1 heterocycles. The highest BCUT2D eigenvalue weighted by molar-refractivity contribution is 6.05. The number of hydrogen-bond donors (Lipinski definition) is 2. The average Bonchev–Trinajstić information content (AvgIpc) is 2.06. The van der Waals surface area contributed by atoms with Gasteiger partial charge >= 0.3 is 0 Å². The van der Waals surface area contributed by atoms with Crippen molar-refractivity contribution in [2.75, 3.05) is 0 Å². The van der Waals surface area contributed by atoms with Gasteiger partial charge in [0.05, 0.1) is 12.5 Å². The molecule has 0 aromatic heterocycles. The van der Waals surface area contributed by atoms with Crippen LogP contribution in [-0.4, -0.2) is 23.4 Å². The highest BCUT2D eigenvalue weighted by Crippen LogP contribution is 2.07. The smallest absolute Gasteiger partial charge is 0.244 e. The third kappa shape index (κ3) is 2.30. The van der Waals surface area contributed by atoms with Crippen molar-refractivity contribution in [3.63, 3.8) is 0 Å². The fraction of sp³-hybridized carbons (Fsp3) is 0.750. The van der Waals surface area contributed by atoms with Crippen LogP contribution in [0.25, 0.3) is 0 Å². The predicted molar refractivity (Wildman–Crippen MR) is 44.4 cm³/mol. The summed E-state index contributed by atoms with van der Waals surface area (Å²) >= 11 is 0. The first kappa shape index (κ1) is 9.19. The lowest BCUT2D eigenvalue weighted by Crippen LogP contribution is -2.47. The number of nitrogens with one attached hydrogen (secondary N) is 2. The normalized spacial score (nSPS) is 24.4. The molecular weight excluding hydrogens is 156 g/mol. The summed E-state index contributed by atoms with van der Waals surface area (Å²) in [5.74, 6) is -0.406. The average molecular weight is 170 g/mol. The quantitative estimate of drug-likeness (QED) is 0.535. The SMILES string of the molecule is CC(C)(C)NC1CC(=O)NC1=O. The molecule has 1 saturated heterocycles. The van der Waals surface area contributed by atoms with Crippen molar-refractivity contribution >= 4 is 11.8 Å². The Hall–Kier alpha value is -0.900. The van der Waals surface area contributed by atoms with E-state index in [9.17, 15) is 9.59 Å². The molecule has 0 aromatic carbocycles. The van der Waals surface area contributed by atoms with Crippen LogP contribution in [0.4, 0.5) is 0 Å². The molecule has 1 aliphatic heterocycles. The van der Waals surface area contributed by atoms with Crippen LogP contribution in [0.3, 0.4) is 0 Å². The first-order chi connectivity index (χ1) is 5.38. The van der Waals surface area contributed by atoms with Gasteiger partial charge < -0.3 is 5.32 Å². The largest absolute Gasteiger partial charge is 0.301 e. The van der Waals surface area contributed by atoms with Crippen LogP contribution >= 0.6 is 0 Å². The number of imide groups is 1. The van der Waals surface area contributed by atoms with Gasteiger partial charge in [-0.05, 0) is 20.8 Å². The van der Waals surface area contributed by atoms with Crippen molar-refractivity contribution in [1.29, 1.82) is 0 Å². The summed E-state index contributed by atoms with van der Waals surface area (Å²) in [5.41, 5.74) is -0.132. The van der Waals surface area contributed by atoms with Crippen LogP contribution < -0.4 is 10.6 Å². The van der Waals surface area contributed by atoms with E-state index >= 15 is 0 Å². The van der Waals surface area contributed by atoms with E-state index < -0.39 is 0 Å². The standard InChI is InChI=1S/C8H14N2O2/c1-8(2,3)10-5-4-6(11)9-7(5)12/h5,10H,4H2,1-3H3,(H,9,11,12). The highest BCUT2D eigenvalue weighted by atomic mass is 16.2. The minimum absolute atomic E-state index is 0.132. The van der Waals surface area contributed by atoms with E-state index in [1.807, 2.05) is 20.8 Å². The lowest BCUT2D eigenvalue weighted by atomic mass is 10.1. The van der Waals surface area contributed by atoms with E-state index in [0.717, 1.165) is 0 Å². The first-order valence-electron chi connectivity index (χ1n) is 4.00. The Kier molecular flexibility index (Phi) is 2.19. The number of rotatable bonds is 1. The van der Waals surface area contributed by atoms with Gasteiger partial charge in [0.25, 0.3) is 0 Å². The van der Waals surface area contributed by atoms with Gasteiger partial charge in [-0.15, -0.1) is 0 Å². The van der Waals surface area contributed by atoms with Gasteiger partial charge in [0.15, 0.2) is 0 Å². The van der Waals surface area contributed by atoms with Gasteiger partial charge in [-0.2, -0.15) is 0 Å². The minimum atomic E-state index is -0.350. The second-order valence-electron chi connectivity index (χ2n) is 4.06. The number of carbonyl (C=O) groups is 2. The molecule has 0 bridgehead atoms. The Bertz CT molecular complexity index is 218. The summed E-state index contributed by atoms with van der Waals surface area (Å²) in [4.78, 5) is 21.8. The van der Waals surface area contributed by atoms with Gasteiger partial charge in [-0.3, -0.25) is 14.9 Å². The fourth-order valence-corrected chi connectivity index (χ4v) is 1.19. The maximum absolute atomic E-state index is 11.1. The zero-order valence-electron chi connectivity index (χ0n) is 7.60. The van der Waals surface area contributed by atoms with Crippen LogP contribution in [0.1, 0.15) is 27.2 Å². The first-order valence-corrected chi connectivity index (χ1v) is 4.00. The highest BCUT2D eigenvalue weighted by Gasteiger charge is 2.32. The van der Waals surface area contributed by atoms with Crippen molar-refractivity contribution in [3.05, 3.63) is 0 Å². The van der Waals surface area contributed by atoms with Gasteiger partial charge in [0.1, 0.15) is 0 Å². The Morgan fingerprint density at radius 2 is 2.00 bits per heavy atom. The molecule has 1 aliphatic rings. The molecule has 4 nitrogen and oxygen atoms in total. The van der Waals surface area contributed by atoms with E-state index in [4.69, 9.17) is 0 Å². The van der Waals surface area contributed by atoms with Crippen molar-refractivity contribution in [2.45, 2.75) is 38.8 Å². The molecular formula is C8H14N2O2. The van der Waals surface area contributed by atoms with Crippen LogP contribution in [0.5, 0.6) is 0 Å². The van der Waals surface area contributed by atoms with Gasteiger partial charge in [0.2, 0.25) is 11.8 Å². The summed E-state index contributed by atoms with van der Waals surface area (Å²) in [7, 11) is 0. The van der Waals surface area contributed by atoms with Crippen molar-refractivity contribution < 1.29 is 9.59 Å². The van der Waals surface area contributed by atoms with Crippen molar-refractivity contribution in [2.24, 2.45) is 0 Å². The predicted octanol–water partition coefficient (Wildman–Crippen LogP) is -0.210. The number of hydrogen-bond acceptors (Lipinski definition) is 3.